The summed E-state index contributed by atoms with van der Waals surface area (Å²) < 4.78 is 307. The SMILES string of the molecule is O=S(=O)(O)OC[C@@H]1O[C@@H](O[C@@]2(COS(=O)(=O)O)O[C@@H](COS(=O)(=O)O)[C@H](OS(=O)(=O)O)[C@H]2OS(=O)(=O)O)[C@@H](OS(=O)(=O)O)[C@H](OS(=O)(=O)O)[C@H]1OS(=O)(=O)O. The van der Waals surface area contributed by atoms with E-state index in [1.807, 2.05) is 0 Å². The van der Waals surface area contributed by atoms with Crippen molar-refractivity contribution in [3.63, 3.8) is 0 Å². The Morgan fingerprint density at radius 2 is 0.782 bits per heavy atom. The topological polar surface area (TPSA) is 536 Å². The van der Waals surface area contributed by atoms with E-state index >= 15 is 0 Å². The van der Waals surface area contributed by atoms with E-state index in [0.29, 0.717) is 0 Å². The highest BCUT2D eigenvalue weighted by Crippen LogP contribution is 2.42. The van der Waals surface area contributed by atoms with E-state index in [2.05, 4.69) is 33.5 Å². The lowest BCUT2D eigenvalue weighted by Gasteiger charge is -2.45. The molecule has 2 heterocycles. The average Bonchev–Trinajstić information content (AvgIpc) is 3.15. The maximum atomic E-state index is 11.9. The van der Waals surface area contributed by atoms with Crippen molar-refractivity contribution in [3.8, 4) is 0 Å². The van der Waals surface area contributed by atoms with Crippen LogP contribution in [0, 0.1) is 0 Å². The van der Waals surface area contributed by atoms with Gasteiger partial charge in [-0.15, -0.1) is 0 Å². The second-order valence-electron chi connectivity index (χ2n) is 9.64. The van der Waals surface area contributed by atoms with Crippen molar-refractivity contribution in [1.82, 2.24) is 0 Å². The third kappa shape index (κ3) is 18.1. The summed E-state index contributed by atoms with van der Waals surface area (Å²) >= 11 is 0. The van der Waals surface area contributed by atoms with Crippen LogP contribution in [0.15, 0.2) is 0 Å². The van der Waals surface area contributed by atoms with Crippen molar-refractivity contribution in [3.05, 3.63) is 0 Å². The monoisotopic (exact) mass is 982 g/mol. The van der Waals surface area contributed by atoms with Gasteiger partial charge in [-0.25, -0.2) is 33.5 Å². The van der Waals surface area contributed by atoms with Crippen molar-refractivity contribution in [2.45, 2.75) is 54.8 Å². The molecule has 9 atom stereocenters. The largest absolute Gasteiger partial charge is 0.397 e. The number of hydrogen-bond acceptors (Lipinski definition) is 27. The second-order valence-corrected chi connectivity index (χ2v) is 18.2. The van der Waals surface area contributed by atoms with Crippen LogP contribution in [-0.4, -0.2) is 178 Å². The normalized spacial score (nSPS) is 30.7. The Hall–Kier alpha value is -1.16. The Bertz CT molecular complexity index is 2280. The van der Waals surface area contributed by atoms with E-state index < -0.39 is 158 Å². The van der Waals surface area contributed by atoms with E-state index in [9.17, 15) is 94.7 Å². The minimum atomic E-state index is -6.24. The molecule has 0 aromatic rings. The first-order valence-corrected chi connectivity index (χ1v) is 23.2. The molecule has 0 bridgehead atoms. The van der Waals surface area contributed by atoms with Crippen LogP contribution in [0.5, 0.6) is 0 Å². The summed E-state index contributed by atoms with van der Waals surface area (Å²) in [7, 11) is -48.3. The number of ether oxygens (including phenoxy) is 3. The molecule has 0 aliphatic carbocycles. The van der Waals surface area contributed by atoms with Crippen molar-refractivity contribution in [2.24, 2.45) is 0 Å². The lowest BCUT2D eigenvalue weighted by atomic mass is 9.99. The molecule has 0 unspecified atom stereocenters. The smallest absolute Gasteiger partial charge is 0.341 e. The molecule has 2 saturated heterocycles. The van der Waals surface area contributed by atoms with Gasteiger partial charge < -0.3 is 14.2 Å². The van der Waals surface area contributed by atoms with Gasteiger partial charge in [-0.05, 0) is 0 Å². The Kier molecular flexibility index (Phi) is 15.6. The third-order valence-electron chi connectivity index (χ3n) is 5.68. The first-order valence-electron chi connectivity index (χ1n) is 12.3. The van der Waals surface area contributed by atoms with Gasteiger partial charge in [0, 0.05) is 0 Å². The molecule has 2 fully saturated rings. The highest BCUT2D eigenvalue weighted by atomic mass is 32.3. The number of hydrogen-bond donors (Lipinski definition) is 8. The Balaban J connectivity index is 3.07. The fourth-order valence-electron chi connectivity index (χ4n) is 4.24. The molecular weight excluding hydrogens is 961 g/mol. The summed E-state index contributed by atoms with van der Waals surface area (Å²) in [4.78, 5) is 0. The maximum absolute atomic E-state index is 11.9. The van der Waals surface area contributed by atoms with Crippen LogP contribution < -0.4 is 0 Å². The van der Waals surface area contributed by atoms with Crippen LogP contribution in [-0.2, 0) is 131 Å². The fraction of sp³-hybridized carbons (Fsp3) is 1.00. The summed E-state index contributed by atoms with van der Waals surface area (Å²) in [6, 6.07) is 0. The Morgan fingerprint density at radius 1 is 0.418 bits per heavy atom. The van der Waals surface area contributed by atoms with Gasteiger partial charge >= 0.3 is 83.2 Å². The van der Waals surface area contributed by atoms with E-state index in [1.165, 1.54) is 0 Å². The lowest BCUT2D eigenvalue weighted by Crippen LogP contribution is -2.65. The molecule has 328 valence electrons. The third-order valence-corrected chi connectivity index (χ3v) is 9.28. The molecular formula is C12H22O35S8. The lowest BCUT2D eigenvalue weighted by molar-refractivity contribution is -0.374. The van der Waals surface area contributed by atoms with Crippen molar-refractivity contribution in [1.29, 1.82) is 0 Å². The summed E-state index contributed by atoms with van der Waals surface area (Å²) in [5.41, 5.74) is 0. The zero-order valence-corrected chi connectivity index (χ0v) is 31.6. The van der Waals surface area contributed by atoms with Crippen molar-refractivity contribution >= 4 is 83.2 Å². The summed E-state index contributed by atoms with van der Waals surface area (Å²) in [5.74, 6) is -4.12. The van der Waals surface area contributed by atoms with Gasteiger partial charge in [0.2, 0.25) is 5.79 Å². The first kappa shape index (κ1) is 50.0. The van der Waals surface area contributed by atoms with Crippen LogP contribution in [0.3, 0.4) is 0 Å². The van der Waals surface area contributed by atoms with Gasteiger partial charge in [-0.3, -0.25) is 36.4 Å². The zero-order chi connectivity index (χ0) is 43.0. The quantitative estimate of drug-likeness (QED) is 0.0496. The van der Waals surface area contributed by atoms with Crippen molar-refractivity contribution in [2.75, 3.05) is 19.8 Å². The highest BCUT2D eigenvalue weighted by molar-refractivity contribution is 7.82. The van der Waals surface area contributed by atoms with E-state index in [1.54, 1.807) is 0 Å². The molecule has 0 saturated carbocycles. The summed E-state index contributed by atoms with van der Waals surface area (Å²) in [6.07, 6.45) is -26.0. The zero-order valence-electron chi connectivity index (χ0n) is 25.1. The van der Waals surface area contributed by atoms with Gasteiger partial charge in [-0.1, -0.05) is 0 Å². The van der Waals surface area contributed by atoms with Gasteiger partial charge in [0.15, 0.2) is 18.5 Å². The first-order chi connectivity index (χ1) is 24.2. The molecule has 55 heavy (non-hydrogen) atoms. The highest BCUT2D eigenvalue weighted by Gasteiger charge is 2.65. The molecule has 0 spiro atoms. The van der Waals surface area contributed by atoms with Gasteiger partial charge in [0.05, 0.1) is 13.2 Å². The van der Waals surface area contributed by atoms with Gasteiger partial charge in [0.1, 0.15) is 37.1 Å². The summed E-state index contributed by atoms with van der Waals surface area (Å²) in [5, 5.41) is 0. The minimum absolute atomic E-state index is 1.92. The minimum Gasteiger partial charge on any atom is -0.341 e. The van der Waals surface area contributed by atoms with Gasteiger partial charge in [-0.2, -0.15) is 67.3 Å². The standard InChI is InChI=1S/C12H22O35S8/c13-48(14,15)37-1-4-6(43-51(22,23)24)8(45-53(28,29)30)9(46-54(31,32)33)11(40-4)42-12(3-39-50(19,20)21)10(47-55(34,35)36)7(44-52(25,26)27)5(41-12)2-38-49(16,17)18/h4-11H,1-3H2,(H,13,14,15)(H,16,17,18)(H,19,20,21)(H,22,23,24)(H,25,26,27)(H,28,29,30)(H,31,32,33)(H,34,35,36)/t4-,5-,6-,7-,8+,9-,10+,11-,12+/m0/s1. The molecule has 8 N–H and O–H groups in total. The van der Waals surface area contributed by atoms with Gasteiger partial charge in [0.25, 0.3) is 0 Å². The van der Waals surface area contributed by atoms with Crippen molar-refractivity contribution < 1.29 is 151 Å². The van der Waals surface area contributed by atoms with Crippen LogP contribution in [0.2, 0.25) is 0 Å². The molecule has 35 nitrogen and oxygen atoms in total. The van der Waals surface area contributed by atoms with Crippen LogP contribution in [0.25, 0.3) is 0 Å². The molecule has 2 rings (SSSR count). The van der Waals surface area contributed by atoms with E-state index in [0.717, 1.165) is 0 Å². The Morgan fingerprint density at radius 3 is 1.18 bits per heavy atom. The summed E-state index contributed by atoms with van der Waals surface area (Å²) in [6.45, 7) is -6.25. The van der Waals surface area contributed by atoms with Crippen LogP contribution in [0.4, 0.5) is 0 Å². The average molecular weight is 983 g/mol. The molecule has 2 aliphatic rings. The van der Waals surface area contributed by atoms with E-state index in [-0.39, 0.29) is 0 Å². The molecule has 0 radical (unpaired) electrons. The second kappa shape index (κ2) is 17.2. The van der Waals surface area contributed by atoms with Crippen LogP contribution in [0.1, 0.15) is 0 Å². The molecule has 0 aromatic carbocycles. The molecule has 2 aliphatic heterocycles. The number of rotatable bonds is 21. The maximum Gasteiger partial charge on any atom is 0.397 e. The predicted octanol–water partition coefficient (Wildman–Crippen LogP) is -6.78. The molecule has 43 heteroatoms. The Labute approximate surface area is 308 Å². The van der Waals surface area contributed by atoms with E-state index in [4.69, 9.17) is 23.3 Å². The predicted molar refractivity (Wildman–Crippen MR) is 152 cm³/mol. The molecule has 0 amide bonds. The van der Waals surface area contributed by atoms with Crippen LogP contribution >= 0.6 is 0 Å². The fourth-order valence-corrected chi connectivity index (χ4v) is 7.68. The molecule has 0 aromatic heterocycles.